The Balaban J connectivity index is 2.29. The second-order valence-electron chi connectivity index (χ2n) is 2.85. The Hall–Kier alpha value is 0.570. The molecule has 1 aliphatic heterocycles. The summed E-state index contributed by atoms with van der Waals surface area (Å²) in [4.78, 5) is 0. The average molecular weight is 246 g/mol. The fourth-order valence-electron chi connectivity index (χ4n) is 1.23. The lowest BCUT2D eigenvalue weighted by Crippen LogP contribution is -2.03. The van der Waals surface area contributed by atoms with Gasteiger partial charge in [-0.15, -0.1) is 22.8 Å². The van der Waals surface area contributed by atoms with E-state index in [1.54, 1.807) is 0 Å². The highest BCUT2D eigenvalue weighted by Crippen LogP contribution is 2.70. The first-order valence-corrected chi connectivity index (χ1v) is 10.2. The van der Waals surface area contributed by atoms with Gasteiger partial charge in [-0.1, -0.05) is 42.1 Å². The summed E-state index contributed by atoms with van der Waals surface area (Å²) in [6.07, 6.45) is 1.32. The van der Waals surface area contributed by atoms with Gasteiger partial charge < -0.3 is 0 Å². The number of hydrogen-bond acceptors (Lipinski definition) is 3. The van der Waals surface area contributed by atoms with Crippen LogP contribution in [0.4, 0.5) is 0 Å². The molecular weight excluding hydrogens is 235 g/mol. The highest BCUT2D eigenvalue weighted by Gasteiger charge is 2.23. The monoisotopic (exact) mass is 246 g/mol. The van der Waals surface area contributed by atoms with Crippen LogP contribution in [0.15, 0.2) is 30.3 Å². The van der Waals surface area contributed by atoms with E-state index in [1.165, 1.54) is 23.2 Å². The molecule has 0 radical (unpaired) electrons. The summed E-state index contributed by atoms with van der Waals surface area (Å²) in [6, 6.07) is 10.6. The smallest absolute Gasteiger partial charge is 0.0849 e. The Kier molecular flexibility index (Phi) is 3.41. The van der Waals surface area contributed by atoms with Crippen molar-refractivity contribution < 1.29 is 0 Å². The van der Waals surface area contributed by atoms with Gasteiger partial charge in [0, 0.05) is 16.8 Å². The molecule has 0 spiro atoms. The van der Waals surface area contributed by atoms with E-state index in [4.69, 9.17) is 11.8 Å². The number of rotatable bonds is 1. The standard InChI is InChI=1S/C9H11PS3/c11-10(12-7-4-8-13-10)9-5-2-1-3-6-9/h1-3,5-6H,4,7-8H2. The molecule has 0 unspecified atom stereocenters. The summed E-state index contributed by atoms with van der Waals surface area (Å²) >= 11 is 9.77. The molecule has 4 heteroatoms. The normalized spacial score (nSPS) is 21.2. The van der Waals surface area contributed by atoms with Gasteiger partial charge in [-0.2, -0.15) is 0 Å². The summed E-state index contributed by atoms with van der Waals surface area (Å²) in [7, 11) is 0. The van der Waals surface area contributed by atoms with Crippen LogP contribution in [-0.2, 0) is 11.8 Å². The molecule has 0 nitrogen and oxygen atoms in total. The van der Waals surface area contributed by atoms with Crippen molar-refractivity contribution in [1.82, 2.24) is 0 Å². The van der Waals surface area contributed by atoms with E-state index in [-0.39, 0.29) is 0 Å². The lowest BCUT2D eigenvalue weighted by atomic mass is 10.4. The van der Waals surface area contributed by atoms with E-state index in [0.29, 0.717) is 0 Å². The SMILES string of the molecule is S=P1(c2ccccc2)SCCCS1. The van der Waals surface area contributed by atoms with E-state index < -0.39 is 4.44 Å². The summed E-state index contributed by atoms with van der Waals surface area (Å²) in [6.45, 7) is 0. The van der Waals surface area contributed by atoms with Crippen molar-refractivity contribution in [3.8, 4) is 0 Å². The molecule has 0 bridgehead atoms. The van der Waals surface area contributed by atoms with Crippen LogP contribution in [0.2, 0.25) is 0 Å². The summed E-state index contributed by atoms with van der Waals surface area (Å²) in [5.41, 5.74) is 0. The van der Waals surface area contributed by atoms with Crippen molar-refractivity contribution in [2.24, 2.45) is 0 Å². The highest BCUT2D eigenvalue weighted by atomic mass is 33.2. The Morgan fingerprint density at radius 1 is 1.08 bits per heavy atom. The Bertz CT molecular complexity index is 313. The van der Waals surface area contributed by atoms with Gasteiger partial charge in [-0.05, 0) is 6.42 Å². The van der Waals surface area contributed by atoms with Crippen LogP contribution < -0.4 is 5.30 Å². The summed E-state index contributed by atoms with van der Waals surface area (Å²) < 4.78 is -1.30. The van der Waals surface area contributed by atoms with Gasteiger partial charge in [0.25, 0.3) is 0 Å². The van der Waals surface area contributed by atoms with Crippen molar-refractivity contribution in [2.75, 3.05) is 11.5 Å². The third kappa shape index (κ3) is 2.33. The zero-order chi connectivity index (χ0) is 9.15. The molecule has 0 atom stereocenters. The van der Waals surface area contributed by atoms with Crippen molar-refractivity contribution in [1.29, 1.82) is 0 Å². The Morgan fingerprint density at radius 3 is 2.31 bits per heavy atom. The second-order valence-corrected chi connectivity index (χ2v) is 14.3. The third-order valence-corrected chi connectivity index (χ3v) is 13.3. The zero-order valence-electron chi connectivity index (χ0n) is 7.18. The van der Waals surface area contributed by atoms with Gasteiger partial charge >= 0.3 is 0 Å². The average Bonchev–Trinajstić information content (AvgIpc) is 2.20. The molecule has 1 aromatic rings. The molecule has 70 valence electrons. The molecule has 0 aliphatic carbocycles. The minimum absolute atomic E-state index is 1.25. The summed E-state index contributed by atoms with van der Waals surface area (Å²) in [5.74, 6) is 2.50. The minimum Gasteiger partial charge on any atom is -0.110 e. The van der Waals surface area contributed by atoms with E-state index >= 15 is 0 Å². The molecule has 0 amide bonds. The summed E-state index contributed by atoms with van der Waals surface area (Å²) in [5, 5.41) is 1.39. The molecule has 1 fully saturated rings. The van der Waals surface area contributed by atoms with E-state index in [0.717, 1.165) is 0 Å². The van der Waals surface area contributed by atoms with Crippen LogP contribution in [0.3, 0.4) is 0 Å². The number of benzene rings is 1. The molecule has 1 aliphatic rings. The predicted molar refractivity (Wildman–Crippen MR) is 69.9 cm³/mol. The van der Waals surface area contributed by atoms with E-state index in [9.17, 15) is 0 Å². The predicted octanol–water partition coefficient (Wildman–Crippen LogP) is 3.49. The van der Waals surface area contributed by atoms with Gasteiger partial charge in [-0.25, -0.2) is 0 Å². The van der Waals surface area contributed by atoms with Crippen LogP contribution in [0.5, 0.6) is 0 Å². The van der Waals surface area contributed by atoms with Crippen LogP contribution in [0, 0.1) is 0 Å². The second kappa shape index (κ2) is 4.39. The zero-order valence-corrected chi connectivity index (χ0v) is 10.5. The maximum atomic E-state index is 5.76. The molecule has 0 N–H and O–H groups in total. The maximum absolute atomic E-state index is 5.76. The minimum atomic E-state index is -1.30. The molecular formula is C9H11PS3. The Labute approximate surface area is 92.4 Å². The lowest BCUT2D eigenvalue weighted by molar-refractivity contribution is 1.13. The third-order valence-electron chi connectivity index (χ3n) is 1.88. The maximum Gasteiger partial charge on any atom is 0.0849 e. The van der Waals surface area contributed by atoms with Gasteiger partial charge in [0.2, 0.25) is 0 Å². The first-order valence-electron chi connectivity index (χ1n) is 4.26. The van der Waals surface area contributed by atoms with E-state index in [1.807, 2.05) is 22.8 Å². The van der Waals surface area contributed by atoms with E-state index in [2.05, 4.69) is 30.3 Å². The van der Waals surface area contributed by atoms with Crippen LogP contribution in [0.25, 0.3) is 0 Å². The van der Waals surface area contributed by atoms with Crippen LogP contribution in [0.1, 0.15) is 6.42 Å². The molecule has 0 aromatic heterocycles. The largest absolute Gasteiger partial charge is 0.110 e. The topological polar surface area (TPSA) is 0 Å². The molecule has 1 heterocycles. The molecule has 2 rings (SSSR count). The van der Waals surface area contributed by atoms with Crippen LogP contribution >= 0.6 is 27.2 Å². The lowest BCUT2D eigenvalue weighted by Gasteiger charge is -2.25. The molecule has 1 aromatic carbocycles. The van der Waals surface area contributed by atoms with Gasteiger partial charge in [0.1, 0.15) is 0 Å². The van der Waals surface area contributed by atoms with Gasteiger partial charge in [0.15, 0.2) is 0 Å². The van der Waals surface area contributed by atoms with Crippen molar-refractivity contribution >= 4 is 44.3 Å². The van der Waals surface area contributed by atoms with Crippen molar-refractivity contribution in [3.63, 3.8) is 0 Å². The van der Waals surface area contributed by atoms with Crippen LogP contribution in [-0.4, -0.2) is 11.5 Å². The highest BCUT2D eigenvalue weighted by molar-refractivity contribution is 9.02. The van der Waals surface area contributed by atoms with Crippen molar-refractivity contribution in [3.05, 3.63) is 30.3 Å². The first-order chi connectivity index (χ1) is 6.31. The fraction of sp³-hybridized carbons (Fsp3) is 0.333. The number of hydrogen-bond donors (Lipinski definition) is 0. The molecule has 1 saturated heterocycles. The van der Waals surface area contributed by atoms with Gasteiger partial charge in [0.05, 0.1) is 4.44 Å². The Morgan fingerprint density at radius 2 is 1.69 bits per heavy atom. The quantitative estimate of drug-likeness (QED) is 0.696. The van der Waals surface area contributed by atoms with Gasteiger partial charge in [-0.3, -0.25) is 0 Å². The molecule has 13 heavy (non-hydrogen) atoms. The fourth-order valence-corrected chi connectivity index (χ4v) is 11.1. The first kappa shape index (κ1) is 10.1. The molecule has 0 saturated carbocycles. The van der Waals surface area contributed by atoms with Crippen molar-refractivity contribution in [2.45, 2.75) is 6.42 Å².